The standard InChI is InChI=1S/C18H27NOS/c1-12-8-15-16(10-18(2,3)11-17(15)20)19(12)13-6-5-7-14(9-13)21-4/h8,13-14H,5-7,9-11H2,1-4H3. The topological polar surface area (TPSA) is 22.0 Å². The molecule has 2 atom stereocenters. The van der Waals surface area contributed by atoms with E-state index >= 15 is 0 Å². The van der Waals surface area contributed by atoms with Gasteiger partial charge in [-0.3, -0.25) is 4.79 Å². The highest BCUT2D eigenvalue weighted by Crippen LogP contribution is 2.41. The zero-order valence-corrected chi connectivity index (χ0v) is 14.6. The molecule has 116 valence electrons. The molecule has 3 rings (SSSR count). The maximum absolute atomic E-state index is 12.5. The molecule has 2 aliphatic carbocycles. The van der Waals surface area contributed by atoms with E-state index in [-0.39, 0.29) is 5.41 Å². The van der Waals surface area contributed by atoms with Gasteiger partial charge in [0.1, 0.15) is 0 Å². The van der Waals surface area contributed by atoms with Crippen molar-refractivity contribution in [1.29, 1.82) is 0 Å². The van der Waals surface area contributed by atoms with Gasteiger partial charge in [-0.15, -0.1) is 0 Å². The summed E-state index contributed by atoms with van der Waals surface area (Å²) >= 11 is 2.01. The summed E-state index contributed by atoms with van der Waals surface area (Å²) in [4.78, 5) is 12.5. The molecule has 1 fully saturated rings. The summed E-state index contributed by atoms with van der Waals surface area (Å²) in [5.41, 5.74) is 3.73. The van der Waals surface area contributed by atoms with Crippen molar-refractivity contribution in [3.05, 3.63) is 23.0 Å². The van der Waals surface area contributed by atoms with Crippen LogP contribution in [0.25, 0.3) is 0 Å². The molecule has 1 heterocycles. The summed E-state index contributed by atoms with van der Waals surface area (Å²) in [5.74, 6) is 0.348. The number of aryl methyl sites for hydroxylation is 1. The Balaban J connectivity index is 1.98. The molecule has 2 nitrogen and oxygen atoms in total. The molecule has 0 saturated heterocycles. The highest BCUT2D eigenvalue weighted by Gasteiger charge is 2.36. The average Bonchev–Trinajstić information content (AvgIpc) is 2.74. The van der Waals surface area contributed by atoms with Crippen LogP contribution in [-0.4, -0.2) is 21.9 Å². The molecule has 0 amide bonds. The first kappa shape index (κ1) is 15.2. The lowest BCUT2D eigenvalue weighted by atomic mass is 9.76. The number of ketones is 1. The Kier molecular flexibility index (Phi) is 3.98. The number of thioether (sulfide) groups is 1. The monoisotopic (exact) mass is 305 g/mol. The second kappa shape index (κ2) is 5.49. The van der Waals surface area contributed by atoms with Crippen LogP contribution in [-0.2, 0) is 6.42 Å². The molecule has 2 unspecified atom stereocenters. The second-order valence-electron chi connectivity index (χ2n) is 7.64. The minimum Gasteiger partial charge on any atom is -0.345 e. The fourth-order valence-electron chi connectivity index (χ4n) is 4.25. The Bertz CT molecular complexity index is 558. The number of hydrogen-bond donors (Lipinski definition) is 0. The molecule has 0 aliphatic heterocycles. The molecule has 1 aromatic rings. The number of Topliss-reactive ketones (excluding diaryl/α,β-unsaturated/α-hetero) is 1. The van der Waals surface area contributed by atoms with Crippen LogP contribution in [0.4, 0.5) is 0 Å². The van der Waals surface area contributed by atoms with Crippen molar-refractivity contribution in [3.63, 3.8) is 0 Å². The Hall–Kier alpha value is -0.700. The van der Waals surface area contributed by atoms with E-state index in [9.17, 15) is 4.79 Å². The smallest absolute Gasteiger partial charge is 0.165 e. The molecule has 0 aromatic carbocycles. The maximum atomic E-state index is 12.5. The minimum absolute atomic E-state index is 0.111. The van der Waals surface area contributed by atoms with Crippen LogP contribution in [0.2, 0.25) is 0 Å². The predicted octanol–water partition coefficient (Wildman–Crippen LogP) is 4.80. The highest BCUT2D eigenvalue weighted by molar-refractivity contribution is 7.99. The summed E-state index contributed by atoms with van der Waals surface area (Å²) in [7, 11) is 0. The number of rotatable bonds is 2. The van der Waals surface area contributed by atoms with E-state index < -0.39 is 0 Å². The largest absolute Gasteiger partial charge is 0.345 e. The molecule has 0 bridgehead atoms. The summed E-state index contributed by atoms with van der Waals surface area (Å²) in [6.07, 6.45) is 9.18. The summed E-state index contributed by atoms with van der Waals surface area (Å²) in [6.45, 7) is 6.64. The number of nitrogens with zero attached hydrogens (tertiary/aromatic N) is 1. The maximum Gasteiger partial charge on any atom is 0.165 e. The second-order valence-corrected chi connectivity index (χ2v) is 8.77. The van der Waals surface area contributed by atoms with E-state index in [2.05, 4.69) is 37.7 Å². The first-order chi connectivity index (χ1) is 9.91. The van der Waals surface area contributed by atoms with E-state index in [0.29, 0.717) is 18.2 Å². The van der Waals surface area contributed by atoms with Crippen molar-refractivity contribution in [2.75, 3.05) is 6.26 Å². The first-order valence-electron chi connectivity index (χ1n) is 8.18. The Labute approximate surface area is 132 Å². The van der Waals surface area contributed by atoms with Gasteiger partial charge in [-0.25, -0.2) is 0 Å². The van der Waals surface area contributed by atoms with Crippen LogP contribution in [0.1, 0.15) is 73.7 Å². The van der Waals surface area contributed by atoms with E-state index in [1.54, 1.807) is 0 Å². The van der Waals surface area contributed by atoms with Crippen LogP contribution in [0, 0.1) is 12.3 Å². The van der Waals surface area contributed by atoms with E-state index in [1.807, 2.05) is 11.8 Å². The quantitative estimate of drug-likeness (QED) is 0.783. The van der Waals surface area contributed by atoms with Crippen molar-refractivity contribution in [3.8, 4) is 0 Å². The van der Waals surface area contributed by atoms with Crippen molar-refractivity contribution in [1.82, 2.24) is 4.57 Å². The van der Waals surface area contributed by atoms with Crippen LogP contribution < -0.4 is 0 Å². The van der Waals surface area contributed by atoms with Gasteiger partial charge in [-0.2, -0.15) is 11.8 Å². The molecular formula is C18H27NOS. The van der Waals surface area contributed by atoms with Crippen molar-refractivity contribution in [2.45, 2.75) is 70.6 Å². The zero-order valence-electron chi connectivity index (χ0n) is 13.7. The normalized spacial score (nSPS) is 28.5. The van der Waals surface area contributed by atoms with Crippen molar-refractivity contribution >= 4 is 17.5 Å². The fraction of sp³-hybridized carbons (Fsp3) is 0.722. The predicted molar refractivity (Wildman–Crippen MR) is 90.4 cm³/mol. The third-order valence-corrected chi connectivity index (χ3v) is 6.31. The molecule has 0 N–H and O–H groups in total. The van der Waals surface area contributed by atoms with Gasteiger partial charge in [-0.05, 0) is 50.3 Å². The molecular weight excluding hydrogens is 278 g/mol. The average molecular weight is 305 g/mol. The summed E-state index contributed by atoms with van der Waals surface area (Å²) in [5, 5.41) is 0.786. The van der Waals surface area contributed by atoms with Crippen molar-refractivity contribution in [2.24, 2.45) is 5.41 Å². The lowest BCUT2D eigenvalue weighted by Crippen LogP contribution is -2.30. The van der Waals surface area contributed by atoms with Crippen molar-refractivity contribution < 1.29 is 4.79 Å². The molecule has 21 heavy (non-hydrogen) atoms. The zero-order chi connectivity index (χ0) is 15.2. The molecule has 2 aliphatic rings. The third-order valence-electron chi connectivity index (χ3n) is 5.22. The van der Waals surface area contributed by atoms with Crippen LogP contribution in [0.15, 0.2) is 6.07 Å². The Morgan fingerprint density at radius 2 is 2.05 bits per heavy atom. The van der Waals surface area contributed by atoms with Crippen LogP contribution in [0.5, 0.6) is 0 Å². The van der Waals surface area contributed by atoms with E-state index in [4.69, 9.17) is 0 Å². The molecule has 0 spiro atoms. The van der Waals surface area contributed by atoms with Crippen LogP contribution in [0.3, 0.4) is 0 Å². The number of carbonyl (C=O) groups is 1. The number of fused-ring (bicyclic) bond motifs is 1. The Morgan fingerprint density at radius 1 is 1.29 bits per heavy atom. The van der Waals surface area contributed by atoms with Gasteiger partial charge in [0.25, 0.3) is 0 Å². The highest BCUT2D eigenvalue weighted by atomic mass is 32.2. The summed E-state index contributed by atoms with van der Waals surface area (Å²) < 4.78 is 2.52. The number of aromatic nitrogens is 1. The van der Waals surface area contributed by atoms with Gasteiger partial charge in [0.05, 0.1) is 0 Å². The molecule has 1 aromatic heterocycles. The first-order valence-corrected chi connectivity index (χ1v) is 9.47. The Morgan fingerprint density at radius 3 is 2.76 bits per heavy atom. The van der Waals surface area contributed by atoms with Gasteiger partial charge in [0.15, 0.2) is 5.78 Å². The van der Waals surface area contributed by atoms with Gasteiger partial charge in [0, 0.05) is 34.7 Å². The molecule has 0 radical (unpaired) electrons. The summed E-state index contributed by atoms with van der Waals surface area (Å²) in [6, 6.07) is 2.75. The number of carbonyl (C=O) groups excluding carboxylic acids is 1. The van der Waals surface area contributed by atoms with Gasteiger partial charge in [0.2, 0.25) is 0 Å². The molecule has 1 saturated carbocycles. The van der Waals surface area contributed by atoms with E-state index in [0.717, 1.165) is 17.2 Å². The molecule has 3 heteroatoms. The van der Waals surface area contributed by atoms with E-state index in [1.165, 1.54) is 37.1 Å². The SMILES string of the molecule is CSC1CCCC(n2c(C)cc3c2CC(C)(C)CC3=O)C1. The third kappa shape index (κ3) is 2.81. The fourth-order valence-corrected chi connectivity index (χ4v) is 5.07. The lowest BCUT2D eigenvalue weighted by molar-refractivity contribution is 0.0909. The number of hydrogen-bond acceptors (Lipinski definition) is 2. The van der Waals surface area contributed by atoms with Crippen LogP contribution >= 0.6 is 11.8 Å². The lowest BCUT2D eigenvalue weighted by Gasteiger charge is -2.35. The van der Waals surface area contributed by atoms with Gasteiger partial charge in [-0.1, -0.05) is 20.3 Å². The van der Waals surface area contributed by atoms with Gasteiger partial charge < -0.3 is 4.57 Å². The minimum atomic E-state index is 0.111. The van der Waals surface area contributed by atoms with Gasteiger partial charge >= 0.3 is 0 Å².